The number of aliphatic hydroxyl groups excluding tert-OH is 1. The fourth-order valence-electron chi connectivity index (χ4n) is 2.43. The van der Waals surface area contributed by atoms with Gasteiger partial charge in [-0.3, -0.25) is 0 Å². The van der Waals surface area contributed by atoms with E-state index in [0.29, 0.717) is 5.47 Å². The SMILES string of the molecule is CC1(C)OB(C(=Cc2cnc3[nH]ccc3c2)CO)OC1(C)C. The number of aromatic amines is 1. The van der Waals surface area contributed by atoms with Crippen LogP contribution >= 0.6 is 0 Å². The van der Waals surface area contributed by atoms with Gasteiger partial charge in [0.1, 0.15) is 5.65 Å². The molecule has 1 saturated heterocycles. The molecule has 0 spiro atoms. The fraction of sp³-hybridized carbons (Fsp3) is 0.438. The van der Waals surface area contributed by atoms with Crippen LogP contribution in [0.15, 0.2) is 30.0 Å². The van der Waals surface area contributed by atoms with Gasteiger partial charge in [-0.25, -0.2) is 4.98 Å². The number of nitrogens with one attached hydrogen (secondary N) is 1. The van der Waals surface area contributed by atoms with Crippen molar-refractivity contribution in [2.24, 2.45) is 0 Å². The molecule has 0 atom stereocenters. The lowest BCUT2D eigenvalue weighted by molar-refractivity contribution is 0.00578. The Morgan fingerprint density at radius 2 is 2.00 bits per heavy atom. The Labute approximate surface area is 130 Å². The molecule has 5 nitrogen and oxygen atoms in total. The lowest BCUT2D eigenvalue weighted by Gasteiger charge is -2.32. The monoisotopic (exact) mass is 300 g/mol. The average Bonchev–Trinajstić information content (AvgIpc) is 2.98. The maximum atomic E-state index is 9.71. The fourth-order valence-corrected chi connectivity index (χ4v) is 2.43. The van der Waals surface area contributed by atoms with Gasteiger partial charge in [0.25, 0.3) is 0 Å². The first kappa shape index (κ1) is 15.3. The highest BCUT2D eigenvalue weighted by molar-refractivity contribution is 6.55. The summed E-state index contributed by atoms with van der Waals surface area (Å²) in [5.74, 6) is 0. The molecule has 2 aromatic heterocycles. The summed E-state index contributed by atoms with van der Waals surface area (Å²) in [6.45, 7) is 7.86. The number of fused-ring (bicyclic) bond motifs is 1. The Balaban J connectivity index is 1.90. The molecule has 0 bridgehead atoms. The molecule has 1 fully saturated rings. The van der Waals surface area contributed by atoms with E-state index in [1.54, 1.807) is 6.20 Å². The molecule has 0 aromatic carbocycles. The van der Waals surface area contributed by atoms with Crippen molar-refractivity contribution in [3.05, 3.63) is 35.6 Å². The van der Waals surface area contributed by atoms with Crippen LogP contribution in [0.2, 0.25) is 0 Å². The lowest BCUT2D eigenvalue weighted by atomic mass is 9.77. The second-order valence-corrected chi connectivity index (χ2v) is 6.65. The van der Waals surface area contributed by atoms with Crippen molar-refractivity contribution in [1.29, 1.82) is 0 Å². The van der Waals surface area contributed by atoms with E-state index in [0.717, 1.165) is 16.6 Å². The third-order valence-corrected chi connectivity index (χ3v) is 4.51. The van der Waals surface area contributed by atoms with Crippen molar-refractivity contribution in [3.8, 4) is 0 Å². The molecule has 116 valence electrons. The van der Waals surface area contributed by atoms with Gasteiger partial charge in [-0.2, -0.15) is 0 Å². The van der Waals surface area contributed by atoms with Crippen LogP contribution in [-0.4, -0.2) is 40.0 Å². The highest BCUT2D eigenvalue weighted by atomic mass is 16.7. The molecule has 1 aliphatic rings. The molecule has 0 aliphatic carbocycles. The number of nitrogens with zero attached hydrogens (tertiary/aromatic N) is 1. The number of rotatable bonds is 3. The van der Waals surface area contributed by atoms with Crippen LogP contribution in [0.5, 0.6) is 0 Å². The van der Waals surface area contributed by atoms with Crippen LogP contribution in [0.25, 0.3) is 17.1 Å². The average molecular weight is 300 g/mol. The van der Waals surface area contributed by atoms with E-state index in [1.807, 2.05) is 52.1 Å². The predicted octanol–water partition coefficient (Wildman–Crippen LogP) is 2.57. The minimum Gasteiger partial charge on any atom is -0.400 e. The van der Waals surface area contributed by atoms with Crippen molar-refractivity contribution in [3.63, 3.8) is 0 Å². The van der Waals surface area contributed by atoms with E-state index in [4.69, 9.17) is 9.31 Å². The molecule has 2 aromatic rings. The summed E-state index contributed by atoms with van der Waals surface area (Å²) in [7, 11) is -0.545. The molecular weight excluding hydrogens is 279 g/mol. The van der Waals surface area contributed by atoms with Gasteiger partial charge in [-0.05, 0) is 50.9 Å². The summed E-state index contributed by atoms with van der Waals surface area (Å²) in [5.41, 5.74) is 1.60. The van der Waals surface area contributed by atoms with E-state index in [9.17, 15) is 5.11 Å². The molecule has 3 rings (SSSR count). The highest BCUT2D eigenvalue weighted by Gasteiger charge is 2.52. The normalized spacial score (nSPS) is 20.8. The van der Waals surface area contributed by atoms with Gasteiger partial charge in [0.15, 0.2) is 0 Å². The molecule has 0 radical (unpaired) electrons. The van der Waals surface area contributed by atoms with Crippen LogP contribution in [0, 0.1) is 0 Å². The summed E-state index contributed by atoms with van der Waals surface area (Å²) < 4.78 is 12.0. The summed E-state index contributed by atoms with van der Waals surface area (Å²) >= 11 is 0. The minimum atomic E-state index is -0.545. The molecule has 22 heavy (non-hydrogen) atoms. The van der Waals surface area contributed by atoms with Crippen LogP contribution in [-0.2, 0) is 9.31 Å². The van der Waals surface area contributed by atoms with E-state index >= 15 is 0 Å². The first-order valence-electron chi connectivity index (χ1n) is 7.42. The zero-order valence-corrected chi connectivity index (χ0v) is 13.4. The molecule has 2 N–H and O–H groups in total. The van der Waals surface area contributed by atoms with Gasteiger partial charge in [0.2, 0.25) is 0 Å². The number of hydrogen-bond donors (Lipinski definition) is 2. The van der Waals surface area contributed by atoms with Gasteiger partial charge in [-0.1, -0.05) is 6.08 Å². The van der Waals surface area contributed by atoms with Gasteiger partial charge in [-0.15, -0.1) is 0 Å². The highest BCUT2D eigenvalue weighted by Crippen LogP contribution is 2.38. The van der Waals surface area contributed by atoms with Gasteiger partial charge < -0.3 is 19.4 Å². The van der Waals surface area contributed by atoms with Crippen LogP contribution in [0.3, 0.4) is 0 Å². The molecule has 1 aliphatic heterocycles. The van der Waals surface area contributed by atoms with Gasteiger partial charge in [0.05, 0.1) is 17.8 Å². The standard InChI is InChI=1S/C16H21BN2O3/c1-15(2)16(3,4)22-17(21-15)13(10-20)8-11-7-12-5-6-18-14(12)19-9-11/h5-9,20H,10H2,1-4H3,(H,18,19). The van der Waals surface area contributed by atoms with E-state index in [2.05, 4.69) is 9.97 Å². The zero-order chi connectivity index (χ0) is 16.0. The Kier molecular flexibility index (Phi) is 3.63. The second-order valence-electron chi connectivity index (χ2n) is 6.65. The number of aromatic nitrogens is 2. The molecule has 0 amide bonds. The summed E-state index contributed by atoms with van der Waals surface area (Å²) in [6.07, 6.45) is 5.49. The van der Waals surface area contributed by atoms with E-state index in [-0.39, 0.29) is 6.61 Å². The topological polar surface area (TPSA) is 67.4 Å². The van der Waals surface area contributed by atoms with Crippen molar-refractivity contribution in [2.75, 3.05) is 6.61 Å². The first-order chi connectivity index (χ1) is 10.3. The zero-order valence-electron chi connectivity index (χ0n) is 13.4. The lowest BCUT2D eigenvalue weighted by Crippen LogP contribution is -2.41. The summed E-state index contributed by atoms with van der Waals surface area (Å²) in [5, 5.41) is 10.7. The second kappa shape index (κ2) is 5.23. The molecular formula is C16H21BN2O3. The first-order valence-corrected chi connectivity index (χ1v) is 7.42. The minimum absolute atomic E-state index is 0.123. The van der Waals surface area contributed by atoms with Crippen LogP contribution in [0.4, 0.5) is 0 Å². The summed E-state index contributed by atoms with van der Waals surface area (Å²) in [6, 6.07) is 3.98. The van der Waals surface area contributed by atoms with Crippen LogP contribution in [0.1, 0.15) is 33.3 Å². The molecule has 0 saturated carbocycles. The van der Waals surface area contributed by atoms with Crippen molar-refractivity contribution >= 4 is 24.2 Å². The maximum Gasteiger partial charge on any atom is 0.492 e. The summed E-state index contributed by atoms with van der Waals surface area (Å²) in [4.78, 5) is 7.41. The van der Waals surface area contributed by atoms with Gasteiger partial charge >= 0.3 is 7.12 Å². The predicted molar refractivity (Wildman–Crippen MR) is 87.2 cm³/mol. The largest absolute Gasteiger partial charge is 0.492 e. The quantitative estimate of drug-likeness (QED) is 0.855. The Morgan fingerprint density at radius 3 is 2.64 bits per heavy atom. The van der Waals surface area contributed by atoms with E-state index < -0.39 is 18.3 Å². The van der Waals surface area contributed by atoms with Crippen molar-refractivity contribution < 1.29 is 14.4 Å². The third-order valence-electron chi connectivity index (χ3n) is 4.51. The van der Waals surface area contributed by atoms with Gasteiger partial charge in [0, 0.05) is 17.8 Å². The maximum absolute atomic E-state index is 9.71. The van der Waals surface area contributed by atoms with Crippen LogP contribution < -0.4 is 0 Å². The molecule has 0 unspecified atom stereocenters. The number of hydrogen-bond acceptors (Lipinski definition) is 4. The smallest absolute Gasteiger partial charge is 0.400 e. The number of H-pyrrole nitrogens is 1. The Hall–Kier alpha value is -1.63. The molecule has 3 heterocycles. The Morgan fingerprint density at radius 1 is 1.32 bits per heavy atom. The number of aliphatic hydroxyl groups is 1. The number of pyridine rings is 1. The Bertz CT molecular complexity index is 705. The van der Waals surface area contributed by atoms with E-state index in [1.165, 1.54) is 0 Å². The van der Waals surface area contributed by atoms with Crippen molar-refractivity contribution in [2.45, 2.75) is 38.9 Å². The molecule has 6 heteroatoms. The third kappa shape index (κ3) is 2.58. The van der Waals surface area contributed by atoms with Crippen molar-refractivity contribution in [1.82, 2.24) is 9.97 Å².